The number of carbonyl (C=O) groups is 1. The van der Waals surface area contributed by atoms with Gasteiger partial charge in [-0.15, -0.1) is 0 Å². The Labute approximate surface area is 99.2 Å². The molecule has 0 N–H and O–H groups in total. The quantitative estimate of drug-likeness (QED) is 0.490. The van der Waals surface area contributed by atoms with Crippen LogP contribution in [0.4, 0.5) is 0 Å². The van der Waals surface area contributed by atoms with Crippen LogP contribution in [-0.2, 0) is 0 Å². The first-order chi connectivity index (χ1) is 8.34. The van der Waals surface area contributed by atoms with Crippen molar-refractivity contribution in [3.8, 4) is 5.75 Å². The topological polar surface area (TPSA) is 26.3 Å². The second kappa shape index (κ2) is 3.91. The number of hydrogen-bond donors (Lipinski definition) is 0. The van der Waals surface area contributed by atoms with E-state index in [1.54, 1.807) is 18.2 Å². The normalized spacial score (nSPS) is 11.5. The summed E-state index contributed by atoms with van der Waals surface area (Å²) in [5, 5.41) is 0. The molecule has 3 rings (SSSR count). The van der Waals surface area contributed by atoms with Crippen LogP contribution in [-0.4, -0.2) is 5.97 Å². The minimum Gasteiger partial charge on any atom is -0.423 e. The highest BCUT2D eigenvalue weighted by molar-refractivity contribution is 6.01. The van der Waals surface area contributed by atoms with E-state index in [9.17, 15) is 4.79 Å². The maximum absolute atomic E-state index is 12.0. The molecule has 0 bridgehead atoms. The molecule has 82 valence electrons. The number of carbonyl (C=O) groups excluding carboxylic acids is 1. The van der Waals surface area contributed by atoms with Crippen LogP contribution >= 0.6 is 0 Å². The molecule has 17 heavy (non-hydrogen) atoms. The predicted octanol–water partition coefficient (Wildman–Crippen LogP) is 3.39. The van der Waals surface area contributed by atoms with Crippen molar-refractivity contribution in [2.75, 3.05) is 0 Å². The molecule has 2 aromatic carbocycles. The van der Waals surface area contributed by atoms with E-state index in [-0.39, 0.29) is 5.97 Å². The SMILES string of the molecule is O=C(Oc1ccccc1)c1cccc2c1C=C2. The van der Waals surface area contributed by atoms with Crippen LogP contribution in [0.5, 0.6) is 5.75 Å². The molecule has 0 amide bonds. The molecule has 1 aliphatic carbocycles. The summed E-state index contributed by atoms with van der Waals surface area (Å²) in [6.07, 6.45) is 3.91. The van der Waals surface area contributed by atoms with Gasteiger partial charge >= 0.3 is 5.97 Å². The predicted molar refractivity (Wildman–Crippen MR) is 66.8 cm³/mol. The zero-order chi connectivity index (χ0) is 11.7. The van der Waals surface area contributed by atoms with Gasteiger partial charge < -0.3 is 4.74 Å². The summed E-state index contributed by atoms with van der Waals surface area (Å²) in [5.41, 5.74) is 2.68. The fraction of sp³-hybridized carbons (Fsp3) is 0. The van der Waals surface area contributed by atoms with Crippen LogP contribution in [0.25, 0.3) is 12.2 Å². The van der Waals surface area contributed by atoms with Crippen molar-refractivity contribution in [1.82, 2.24) is 0 Å². The maximum Gasteiger partial charge on any atom is 0.344 e. The van der Waals surface area contributed by atoms with E-state index in [0.29, 0.717) is 11.3 Å². The third kappa shape index (κ3) is 1.74. The van der Waals surface area contributed by atoms with Crippen molar-refractivity contribution >= 4 is 18.1 Å². The Bertz CT molecular complexity index is 598. The summed E-state index contributed by atoms with van der Waals surface area (Å²) in [6.45, 7) is 0. The average molecular weight is 222 g/mol. The lowest BCUT2D eigenvalue weighted by Gasteiger charge is -2.14. The Morgan fingerprint density at radius 2 is 1.71 bits per heavy atom. The largest absolute Gasteiger partial charge is 0.423 e. The number of ether oxygens (including phenoxy) is 1. The molecule has 0 saturated carbocycles. The van der Waals surface area contributed by atoms with Gasteiger partial charge in [-0.1, -0.05) is 42.5 Å². The average Bonchev–Trinajstić information content (AvgIpc) is 2.31. The van der Waals surface area contributed by atoms with Gasteiger partial charge in [0.1, 0.15) is 5.75 Å². The van der Waals surface area contributed by atoms with Gasteiger partial charge in [0.25, 0.3) is 0 Å². The highest BCUT2D eigenvalue weighted by atomic mass is 16.5. The third-order valence-electron chi connectivity index (χ3n) is 2.74. The third-order valence-corrected chi connectivity index (χ3v) is 2.74. The summed E-state index contributed by atoms with van der Waals surface area (Å²) in [4.78, 5) is 12.0. The lowest BCUT2D eigenvalue weighted by Crippen LogP contribution is -2.12. The molecule has 0 unspecified atom stereocenters. The van der Waals surface area contributed by atoms with E-state index in [4.69, 9.17) is 4.74 Å². The molecular formula is C15H10O2. The molecule has 0 fully saturated rings. The molecule has 0 radical (unpaired) electrons. The first-order valence-corrected chi connectivity index (χ1v) is 5.43. The zero-order valence-electron chi connectivity index (χ0n) is 9.09. The number of esters is 1. The van der Waals surface area contributed by atoms with Crippen LogP contribution in [0.2, 0.25) is 0 Å². The van der Waals surface area contributed by atoms with Gasteiger partial charge in [-0.3, -0.25) is 0 Å². The van der Waals surface area contributed by atoms with E-state index >= 15 is 0 Å². The highest BCUT2D eigenvalue weighted by Crippen LogP contribution is 2.27. The molecular weight excluding hydrogens is 212 g/mol. The van der Waals surface area contributed by atoms with Crippen LogP contribution in [0.1, 0.15) is 21.5 Å². The first-order valence-electron chi connectivity index (χ1n) is 5.43. The van der Waals surface area contributed by atoms with Gasteiger partial charge in [0.2, 0.25) is 0 Å². The molecule has 2 heteroatoms. The van der Waals surface area contributed by atoms with Gasteiger partial charge in [0, 0.05) is 0 Å². The van der Waals surface area contributed by atoms with Gasteiger partial charge in [-0.05, 0) is 29.3 Å². The van der Waals surface area contributed by atoms with Gasteiger partial charge in [-0.2, -0.15) is 0 Å². The standard InChI is InChI=1S/C15H10O2/c16-15(17-12-6-2-1-3-7-12)14-8-4-5-11-9-10-13(11)14/h1-10H. The Kier molecular flexibility index (Phi) is 2.26. The number of benzene rings is 2. The molecule has 2 nitrogen and oxygen atoms in total. The Morgan fingerprint density at radius 1 is 0.882 bits per heavy atom. The number of fused-ring (bicyclic) bond motifs is 1. The van der Waals surface area contributed by atoms with E-state index in [0.717, 1.165) is 11.1 Å². The smallest absolute Gasteiger partial charge is 0.344 e. The summed E-state index contributed by atoms with van der Waals surface area (Å²) >= 11 is 0. The van der Waals surface area contributed by atoms with Crippen LogP contribution in [0.3, 0.4) is 0 Å². The summed E-state index contributed by atoms with van der Waals surface area (Å²) in [7, 11) is 0. The summed E-state index contributed by atoms with van der Waals surface area (Å²) < 4.78 is 5.30. The molecule has 1 aliphatic rings. The second-order valence-corrected chi connectivity index (χ2v) is 3.84. The van der Waals surface area contributed by atoms with Crippen molar-refractivity contribution in [2.24, 2.45) is 0 Å². The molecule has 0 saturated heterocycles. The highest BCUT2D eigenvalue weighted by Gasteiger charge is 2.17. The minimum absolute atomic E-state index is 0.308. The summed E-state index contributed by atoms with van der Waals surface area (Å²) in [6, 6.07) is 14.7. The Morgan fingerprint density at radius 3 is 2.41 bits per heavy atom. The fourth-order valence-corrected chi connectivity index (χ4v) is 1.82. The molecule has 2 aromatic rings. The zero-order valence-corrected chi connectivity index (χ0v) is 9.09. The van der Waals surface area contributed by atoms with Crippen LogP contribution in [0, 0.1) is 0 Å². The van der Waals surface area contributed by atoms with E-state index in [2.05, 4.69) is 0 Å². The van der Waals surface area contributed by atoms with Crippen molar-refractivity contribution < 1.29 is 9.53 Å². The van der Waals surface area contributed by atoms with E-state index < -0.39 is 0 Å². The second-order valence-electron chi connectivity index (χ2n) is 3.84. The first kappa shape index (κ1) is 9.85. The van der Waals surface area contributed by atoms with Crippen molar-refractivity contribution in [1.29, 1.82) is 0 Å². The van der Waals surface area contributed by atoms with Gasteiger partial charge in [0.15, 0.2) is 0 Å². The molecule has 0 aromatic heterocycles. The van der Waals surface area contributed by atoms with Crippen molar-refractivity contribution in [3.05, 3.63) is 65.2 Å². The van der Waals surface area contributed by atoms with Crippen molar-refractivity contribution in [3.63, 3.8) is 0 Å². The molecule has 0 spiro atoms. The van der Waals surface area contributed by atoms with Gasteiger partial charge in [-0.25, -0.2) is 4.79 Å². The summed E-state index contributed by atoms with van der Waals surface area (Å²) in [5.74, 6) is 0.260. The molecule has 0 atom stereocenters. The number of rotatable bonds is 2. The van der Waals surface area contributed by atoms with Gasteiger partial charge in [0.05, 0.1) is 5.56 Å². The van der Waals surface area contributed by atoms with E-state index in [1.807, 2.05) is 42.5 Å². The van der Waals surface area contributed by atoms with Crippen LogP contribution < -0.4 is 4.74 Å². The van der Waals surface area contributed by atoms with Crippen LogP contribution in [0.15, 0.2) is 48.5 Å². The Balaban J connectivity index is 1.87. The van der Waals surface area contributed by atoms with Crippen molar-refractivity contribution in [2.45, 2.75) is 0 Å². The minimum atomic E-state index is -0.308. The monoisotopic (exact) mass is 222 g/mol. The molecule has 0 aliphatic heterocycles. The lowest BCUT2D eigenvalue weighted by molar-refractivity contribution is 0.0734. The fourth-order valence-electron chi connectivity index (χ4n) is 1.82. The molecule has 0 heterocycles. The Hall–Kier alpha value is -2.35. The lowest BCUT2D eigenvalue weighted by atomic mass is 9.93. The number of para-hydroxylation sites is 1. The van der Waals surface area contributed by atoms with E-state index in [1.165, 1.54) is 0 Å². The maximum atomic E-state index is 12.0. The number of hydrogen-bond acceptors (Lipinski definition) is 2.